The molecule has 19 heavy (non-hydrogen) atoms. The number of rotatable bonds is 5. The van der Waals surface area contributed by atoms with Crippen molar-refractivity contribution in [2.24, 2.45) is 0 Å². The lowest BCUT2D eigenvalue weighted by Crippen LogP contribution is -2.23. The van der Waals surface area contributed by atoms with E-state index in [1.54, 1.807) is 29.1 Å². The monoisotopic (exact) mass is 346 g/mol. The van der Waals surface area contributed by atoms with Crippen LogP contribution in [-0.4, -0.2) is 11.5 Å². The van der Waals surface area contributed by atoms with Gasteiger partial charge in [-0.1, -0.05) is 13.0 Å². The van der Waals surface area contributed by atoms with Gasteiger partial charge in [-0.05, 0) is 34.1 Å². The van der Waals surface area contributed by atoms with Crippen molar-refractivity contribution in [1.29, 1.82) is 0 Å². The number of nitrogens with one attached hydrogen (secondary N) is 1. The maximum absolute atomic E-state index is 13.6. The Morgan fingerprint density at radius 1 is 1.42 bits per heavy atom. The van der Waals surface area contributed by atoms with Crippen molar-refractivity contribution >= 4 is 27.3 Å². The second-order valence-electron chi connectivity index (χ2n) is 4.05. The highest BCUT2D eigenvalue weighted by atomic mass is 79.9. The number of hydrogen-bond acceptors (Lipinski definition) is 3. The summed E-state index contributed by atoms with van der Waals surface area (Å²) in [6.07, 6.45) is 2.49. The molecule has 0 bridgehead atoms. The normalized spacial score (nSPS) is 12.6. The Bertz CT molecular complexity index is 546. The Balaban J connectivity index is 2.31. The minimum atomic E-state index is -0.844. The van der Waals surface area contributed by atoms with Crippen LogP contribution in [-0.2, 0) is 6.42 Å². The maximum Gasteiger partial charge on any atom is 0.173 e. The Hall–Kier alpha value is -0.850. The summed E-state index contributed by atoms with van der Waals surface area (Å²) in [6.45, 7) is 2.72. The van der Waals surface area contributed by atoms with Gasteiger partial charge in [-0.3, -0.25) is 4.98 Å². The van der Waals surface area contributed by atoms with Crippen LogP contribution in [0.4, 0.5) is 8.78 Å². The molecule has 102 valence electrons. The molecule has 0 aliphatic carbocycles. The summed E-state index contributed by atoms with van der Waals surface area (Å²) >= 11 is 4.69. The topological polar surface area (TPSA) is 24.9 Å². The van der Waals surface area contributed by atoms with E-state index in [0.717, 1.165) is 17.5 Å². The molecule has 1 atom stereocenters. The van der Waals surface area contributed by atoms with Gasteiger partial charge in [0.15, 0.2) is 11.6 Å². The fourth-order valence-corrected chi connectivity index (χ4v) is 3.13. The number of thiazole rings is 1. The second kappa shape index (κ2) is 6.54. The number of halogens is 3. The fourth-order valence-electron chi connectivity index (χ4n) is 1.89. The van der Waals surface area contributed by atoms with Crippen LogP contribution < -0.4 is 5.32 Å². The largest absolute Gasteiger partial charge is 0.310 e. The zero-order chi connectivity index (χ0) is 13.8. The highest BCUT2D eigenvalue weighted by molar-refractivity contribution is 9.10. The fraction of sp³-hybridized carbons (Fsp3) is 0.308. The summed E-state index contributed by atoms with van der Waals surface area (Å²) in [6, 6.07) is 2.69. The van der Waals surface area contributed by atoms with E-state index in [-0.39, 0.29) is 10.5 Å². The SMILES string of the molecule is CCNC(Cc1cncs1)c1ccc(F)c(F)c1Br. The predicted molar refractivity (Wildman–Crippen MR) is 76.3 cm³/mol. The molecule has 0 saturated carbocycles. The second-order valence-corrected chi connectivity index (χ2v) is 5.81. The van der Waals surface area contributed by atoms with Crippen molar-refractivity contribution in [3.63, 3.8) is 0 Å². The van der Waals surface area contributed by atoms with Gasteiger partial charge >= 0.3 is 0 Å². The molecule has 1 heterocycles. The molecule has 1 aromatic heterocycles. The lowest BCUT2D eigenvalue weighted by molar-refractivity contribution is 0.491. The number of hydrogen-bond donors (Lipinski definition) is 1. The van der Waals surface area contributed by atoms with Gasteiger partial charge in [0.05, 0.1) is 9.98 Å². The Kier molecular flexibility index (Phi) is 5.01. The summed E-state index contributed by atoms with van der Waals surface area (Å²) in [5, 5.41) is 3.28. The van der Waals surface area contributed by atoms with Crippen LogP contribution in [0.5, 0.6) is 0 Å². The van der Waals surface area contributed by atoms with Gasteiger partial charge in [0.25, 0.3) is 0 Å². The Labute approximate surface area is 123 Å². The van der Waals surface area contributed by atoms with Crippen LogP contribution in [0.3, 0.4) is 0 Å². The van der Waals surface area contributed by atoms with E-state index >= 15 is 0 Å². The van der Waals surface area contributed by atoms with Gasteiger partial charge in [-0.2, -0.15) is 0 Å². The molecule has 2 nitrogen and oxygen atoms in total. The zero-order valence-corrected chi connectivity index (χ0v) is 12.7. The van der Waals surface area contributed by atoms with Crippen LogP contribution in [0.2, 0.25) is 0 Å². The van der Waals surface area contributed by atoms with Gasteiger partial charge < -0.3 is 5.32 Å². The predicted octanol–water partition coefficient (Wildman–Crippen LogP) is 4.08. The molecule has 2 rings (SSSR count). The lowest BCUT2D eigenvalue weighted by atomic mass is 10.0. The third-order valence-electron chi connectivity index (χ3n) is 2.78. The van der Waals surface area contributed by atoms with Gasteiger partial charge in [-0.25, -0.2) is 8.78 Å². The molecule has 0 aliphatic rings. The molecular weight excluding hydrogens is 334 g/mol. The summed E-state index contributed by atoms with van der Waals surface area (Å²) in [7, 11) is 0. The minimum Gasteiger partial charge on any atom is -0.310 e. The molecule has 6 heteroatoms. The number of likely N-dealkylation sites (N-methyl/N-ethyl adjacent to an activating group) is 1. The number of aromatic nitrogens is 1. The van der Waals surface area contributed by atoms with Crippen molar-refractivity contribution in [2.75, 3.05) is 6.54 Å². The number of benzene rings is 1. The van der Waals surface area contributed by atoms with Crippen LogP contribution in [0, 0.1) is 11.6 Å². The van der Waals surface area contributed by atoms with Crippen molar-refractivity contribution in [3.8, 4) is 0 Å². The molecule has 1 aromatic carbocycles. The minimum absolute atomic E-state index is 0.0741. The molecule has 0 saturated heterocycles. The smallest absolute Gasteiger partial charge is 0.173 e. The van der Waals surface area contributed by atoms with Gasteiger partial charge in [0.2, 0.25) is 0 Å². The molecule has 2 aromatic rings. The molecule has 0 fully saturated rings. The summed E-state index contributed by atoms with van der Waals surface area (Å²) in [5.74, 6) is -1.69. The van der Waals surface area contributed by atoms with E-state index in [4.69, 9.17) is 0 Å². The third kappa shape index (κ3) is 3.38. The third-order valence-corrected chi connectivity index (χ3v) is 4.39. The average Bonchev–Trinajstić information content (AvgIpc) is 2.89. The Morgan fingerprint density at radius 2 is 2.21 bits per heavy atom. The lowest BCUT2D eigenvalue weighted by Gasteiger charge is -2.19. The zero-order valence-electron chi connectivity index (χ0n) is 10.3. The van der Waals surface area contributed by atoms with Gasteiger partial charge in [0.1, 0.15) is 0 Å². The summed E-state index contributed by atoms with van der Waals surface area (Å²) < 4.78 is 26.9. The molecule has 0 spiro atoms. The highest BCUT2D eigenvalue weighted by Crippen LogP contribution is 2.30. The molecule has 0 radical (unpaired) electrons. The van der Waals surface area contributed by atoms with E-state index in [2.05, 4.69) is 26.2 Å². The van der Waals surface area contributed by atoms with E-state index in [9.17, 15) is 8.78 Å². The molecule has 0 aliphatic heterocycles. The summed E-state index contributed by atoms with van der Waals surface area (Å²) in [4.78, 5) is 5.13. The molecule has 0 amide bonds. The first kappa shape index (κ1) is 14.6. The van der Waals surface area contributed by atoms with E-state index < -0.39 is 11.6 Å². The first-order valence-corrected chi connectivity index (χ1v) is 7.54. The van der Waals surface area contributed by atoms with Gasteiger partial charge in [-0.15, -0.1) is 11.3 Å². The van der Waals surface area contributed by atoms with Crippen molar-refractivity contribution in [3.05, 3.63) is 50.4 Å². The summed E-state index contributed by atoms with van der Waals surface area (Å²) in [5.41, 5.74) is 2.48. The van der Waals surface area contributed by atoms with Crippen LogP contribution >= 0.6 is 27.3 Å². The van der Waals surface area contributed by atoms with Crippen LogP contribution in [0.1, 0.15) is 23.4 Å². The average molecular weight is 347 g/mol. The van der Waals surface area contributed by atoms with Gasteiger partial charge in [0, 0.05) is 23.5 Å². The Morgan fingerprint density at radius 3 is 2.84 bits per heavy atom. The van der Waals surface area contributed by atoms with Crippen LogP contribution in [0.25, 0.3) is 0 Å². The molecule has 1 N–H and O–H groups in total. The van der Waals surface area contributed by atoms with Crippen molar-refractivity contribution in [2.45, 2.75) is 19.4 Å². The quantitative estimate of drug-likeness (QED) is 0.825. The van der Waals surface area contributed by atoms with Crippen LogP contribution in [0.15, 0.2) is 28.3 Å². The van der Waals surface area contributed by atoms with E-state index in [0.29, 0.717) is 12.0 Å². The molecule has 1 unspecified atom stereocenters. The first-order chi connectivity index (χ1) is 9.13. The standard InChI is InChI=1S/C13H13BrF2N2S/c1-2-18-11(5-8-6-17-7-19-8)9-3-4-10(15)13(16)12(9)14/h3-4,6-7,11,18H,2,5H2,1H3. The van der Waals surface area contributed by atoms with Crippen molar-refractivity contribution in [1.82, 2.24) is 10.3 Å². The van der Waals surface area contributed by atoms with Crippen molar-refractivity contribution < 1.29 is 8.78 Å². The van der Waals surface area contributed by atoms with E-state index in [1.807, 2.05) is 6.92 Å². The maximum atomic E-state index is 13.6. The number of nitrogens with zero attached hydrogens (tertiary/aromatic N) is 1. The molecular formula is C13H13BrF2N2S. The first-order valence-electron chi connectivity index (χ1n) is 5.87. The van der Waals surface area contributed by atoms with E-state index in [1.165, 1.54) is 0 Å². The highest BCUT2D eigenvalue weighted by Gasteiger charge is 2.19.